The van der Waals surface area contributed by atoms with Gasteiger partial charge in [0.1, 0.15) is 6.54 Å². The fourth-order valence-electron chi connectivity index (χ4n) is 0.330. The Morgan fingerprint density at radius 1 is 1.80 bits per heavy atom. The Balaban J connectivity index is 3.44. The number of ether oxygens (including phenoxy) is 1. The van der Waals surface area contributed by atoms with Crippen LogP contribution in [0.25, 0.3) is 0 Å². The standard InChI is InChI=1S/C7H11NO2/c1-4-6(2)8-5-7(9)10-3/h4,8H,1-2,5H2,3H3. The molecule has 0 atom stereocenters. The Hall–Kier alpha value is -1.25. The molecule has 0 aliphatic rings. The summed E-state index contributed by atoms with van der Waals surface area (Å²) in [5.74, 6) is -0.317. The van der Waals surface area contributed by atoms with Crippen LogP contribution in [0.15, 0.2) is 24.9 Å². The molecule has 1 N–H and O–H groups in total. The van der Waals surface area contributed by atoms with Crippen molar-refractivity contribution >= 4 is 5.97 Å². The van der Waals surface area contributed by atoms with Gasteiger partial charge in [-0.25, -0.2) is 0 Å². The lowest BCUT2D eigenvalue weighted by Crippen LogP contribution is -2.21. The normalized spacial score (nSPS) is 8.10. The van der Waals surface area contributed by atoms with Crippen LogP contribution in [0.3, 0.4) is 0 Å². The molecule has 0 bridgehead atoms. The summed E-state index contributed by atoms with van der Waals surface area (Å²) in [7, 11) is 1.33. The Kier molecular flexibility index (Phi) is 4.04. The molecule has 0 aliphatic heterocycles. The lowest BCUT2D eigenvalue weighted by molar-refractivity contribution is -0.139. The molecule has 3 heteroatoms. The molecular weight excluding hydrogens is 130 g/mol. The molecule has 0 radical (unpaired) electrons. The summed E-state index contributed by atoms with van der Waals surface area (Å²) in [6, 6.07) is 0. The zero-order valence-electron chi connectivity index (χ0n) is 6.02. The smallest absolute Gasteiger partial charge is 0.325 e. The first kappa shape index (κ1) is 8.75. The summed E-state index contributed by atoms with van der Waals surface area (Å²) in [5, 5.41) is 2.70. The van der Waals surface area contributed by atoms with E-state index in [9.17, 15) is 4.79 Å². The summed E-state index contributed by atoms with van der Waals surface area (Å²) >= 11 is 0. The molecular formula is C7H11NO2. The van der Waals surface area contributed by atoms with Crippen LogP contribution in [0.4, 0.5) is 0 Å². The average Bonchev–Trinajstić information content (AvgIpc) is 1.99. The molecule has 0 fully saturated rings. The molecule has 0 rings (SSSR count). The topological polar surface area (TPSA) is 38.3 Å². The van der Waals surface area contributed by atoms with Gasteiger partial charge in [-0.05, 0) is 6.08 Å². The highest BCUT2D eigenvalue weighted by Gasteiger charge is 1.96. The Labute approximate surface area is 60.4 Å². The summed E-state index contributed by atoms with van der Waals surface area (Å²) in [6.07, 6.45) is 1.53. The van der Waals surface area contributed by atoms with Gasteiger partial charge in [-0.1, -0.05) is 13.2 Å². The highest BCUT2D eigenvalue weighted by atomic mass is 16.5. The largest absolute Gasteiger partial charge is 0.468 e. The van der Waals surface area contributed by atoms with Crippen LogP contribution in [0.5, 0.6) is 0 Å². The van der Waals surface area contributed by atoms with Gasteiger partial charge in [0.05, 0.1) is 7.11 Å². The number of carbonyl (C=O) groups excluding carboxylic acids is 1. The maximum atomic E-state index is 10.5. The zero-order chi connectivity index (χ0) is 7.98. The number of nitrogens with one attached hydrogen (secondary N) is 1. The summed E-state index contributed by atoms with van der Waals surface area (Å²) < 4.78 is 4.37. The third kappa shape index (κ3) is 3.72. The molecule has 0 aliphatic carbocycles. The maximum Gasteiger partial charge on any atom is 0.325 e. The van der Waals surface area contributed by atoms with Crippen molar-refractivity contribution in [3.8, 4) is 0 Å². The second kappa shape index (κ2) is 4.61. The summed E-state index contributed by atoms with van der Waals surface area (Å²) in [6.45, 7) is 7.13. The lowest BCUT2D eigenvalue weighted by atomic mass is 10.4. The van der Waals surface area contributed by atoms with Gasteiger partial charge in [-0.3, -0.25) is 4.79 Å². The first-order valence-corrected chi connectivity index (χ1v) is 2.82. The van der Waals surface area contributed by atoms with Gasteiger partial charge in [0.25, 0.3) is 0 Å². The van der Waals surface area contributed by atoms with Crippen molar-refractivity contribution in [3.63, 3.8) is 0 Å². The second-order valence-corrected chi connectivity index (χ2v) is 1.66. The van der Waals surface area contributed by atoms with Crippen LogP contribution >= 0.6 is 0 Å². The quantitative estimate of drug-likeness (QED) is 0.456. The van der Waals surface area contributed by atoms with Crippen LogP contribution in [0.2, 0.25) is 0 Å². The molecule has 0 aromatic heterocycles. The molecule has 0 saturated carbocycles. The van der Waals surface area contributed by atoms with Crippen LogP contribution in [0.1, 0.15) is 0 Å². The number of methoxy groups -OCH3 is 1. The molecule has 0 aromatic rings. The predicted octanol–water partition coefficient (Wildman–Crippen LogP) is 0.449. The van der Waals surface area contributed by atoms with Crippen LogP contribution in [-0.2, 0) is 9.53 Å². The van der Waals surface area contributed by atoms with E-state index in [1.165, 1.54) is 13.2 Å². The Morgan fingerprint density at radius 3 is 2.80 bits per heavy atom. The Morgan fingerprint density at radius 2 is 2.40 bits per heavy atom. The molecule has 3 nitrogen and oxygen atoms in total. The number of esters is 1. The number of rotatable bonds is 4. The van der Waals surface area contributed by atoms with Gasteiger partial charge in [0, 0.05) is 5.70 Å². The second-order valence-electron chi connectivity index (χ2n) is 1.66. The van der Waals surface area contributed by atoms with Gasteiger partial charge >= 0.3 is 5.97 Å². The van der Waals surface area contributed by atoms with E-state index < -0.39 is 0 Å². The minimum absolute atomic E-state index is 0.140. The van der Waals surface area contributed by atoms with Crippen molar-refractivity contribution in [2.45, 2.75) is 0 Å². The van der Waals surface area contributed by atoms with Gasteiger partial charge in [-0.2, -0.15) is 0 Å². The van der Waals surface area contributed by atoms with E-state index >= 15 is 0 Å². The van der Waals surface area contributed by atoms with Gasteiger partial charge < -0.3 is 10.1 Å². The van der Waals surface area contributed by atoms with Crippen molar-refractivity contribution in [1.29, 1.82) is 0 Å². The van der Waals surface area contributed by atoms with E-state index in [0.717, 1.165) is 0 Å². The van der Waals surface area contributed by atoms with E-state index in [0.29, 0.717) is 5.70 Å². The lowest BCUT2D eigenvalue weighted by Gasteiger charge is -2.01. The third-order valence-corrected chi connectivity index (χ3v) is 0.934. The van der Waals surface area contributed by atoms with E-state index in [2.05, 4.69) is 23.2 Å². The SMILES string of the molecule is C=CC(=C)NCC(=O)OC. The first-order chi connectivity index (χ1) is 4.70. The number of hydrogen-bond donors (Lipinski definition) is 1. The molecule has 56 valence electrons. The molecule has 0 unspecified atom stereocenters. The maximum absolute atomic E-state index is 10.5. The van der Waals surface area contributed by atoms with E-state index in [1.807, 2.05) is 0 Å². The van der Waals surface area contributed by atoms with Gasteiger partial charge in [0.15, 0.2) is 0 Å². The molecule has 0 aromatic carbocycles. The van der Waals surface area contributed by atoms with E-state index in [-0.39, 0.29) is 12.5 Å². The molecule has 0 amide bonds. The van der Waals surface area contributed by atoms with Crippen molar-refractivity contribution in [1.82, 2.24) is 5.32 Å². The predicted molar refractivity (Wildman–Crippen MR) is 39.4 cm³/mol. The van der Waals surface area contributed by atoms with Crippen molar-refractivity contribution in [3.05, 3.63) is 24.9 Å². The van der Waals surface area contributed by atoms with E-state index in [1.54, 1.807) is 0 Å². The highest BCUT2D eigenvalue weighted by Crippen LogP contribution is 1.82. The van der Waals surface area contributed by atoms with Crippen molar-refractivity contribution in [2.24, 2.45) is 0 Å². The fourth-order valence-corrected chi connectivity index (χ4v) is 0.330. The summed E-state index contributed by atoms with van der Waals surface area (Å²) in [4.78, 5) is 10.5. The minimum atomic E-state index is -0.317. The van der Waals surface area contributed by atoms with E-state index in [4.69, 9.17) is 0 Å². The summed E-state index contributed by atoms with van der Waals surface area (Å²) in [5.41, 5.74) is 0.616. The van der Waals surface area contributed by atoms with Crippen molar-refractivity contribution in [2.75, 3.05) is 13.7 Å². The molecule has 0 spiro atoms. The number of hydrogen-bond acceptors (Lipinski definition) is 3. The number of allylic oxidation sites excluding steroid dienone is 1. The monoisotopic (exact) mass is 141 g/mol. The third-order valence-electron chi connectivity index (χ3n) is 0.934. The molecule has 0 heterocycles. The number of carbonyl (C=O) groups is 1. The van der Waals surface area contributed by atoms with Gasteiger partial charge in [-0.15, -0.1) is 0 Å². The molecule has 0 saturated heterocycles. The average molecular weight is 141 g/mol. The van der Waals surface area contributed by atoms with Crippen molar-refractivity contribution < 1.29 is 9.53 Å². The first-order valence-electron chi connectivity index (χ1n) is 2.82. The minimum Gasteiger partial charge on any atom is -0.468 e. The van der Waals surface area contributed by atoms with Gasteiger partial charge in [0.2, 0.25) is 0 Å². The Bertz CT molecular complexity index is 152. The zero-order valence-corrected chi connectivity index (χ0v) is 6.02. The van der Waals surface area contributed by atoms with Crippen LogP contribution in [-0.4, -0.2) is 19.6 Å². The highest BCUT2D eigenvalue weighted by molar-refractivity contribution is 5.71. The fraction of sp³-hybridized carbons (Fsp3) is 0.286. The molecule has 10 heavy (non-hydrogen) atoms. The van der Waals surface area contributed by atoms with Crippen LogP contribution in [0, 0.1) is 0 Å². The van der Waals surface area contributed by atoms with Crippen LogP contribution < -0.4 is 5.32 Å².